The lowest BCUT2D eigenvalue weighted by molar-refractivity contribution is 0.0471. The SMILES string of the molecule is CCN(C)C=Nc1cc(C)c(C(=O)OCc2ccc(C)cc2)cc1F. The number of hydrogen-bond donors (Lipinski definition) is 0. The lowest BCUT2D eigenvalue weighted by atomic mass is 10.1. The van der Waals surface area contributed by atoms with Crippen LogP contribution < -0.4 is 0 Å². The van der Waals surface area contributed by atoms with Crippen molar-refractivity contribution in [3.05, 3.63) is 64.5 Å². The van der Waals surface area contributed by atoms with E-state index in [4.69, 9.17) is 4.74 Å². The number of ether oxygens (including phenoxy) is 1. The summed E-state index contributed by atoms with van der Waals surface area (Å²) in [7, 11) is 1.85. The summed E-state index contributed by atoms with van der Waals surface area (Å²) in [5.74, 6) is -1.09. The first kappa shape index (κ1) is 18.6. The second-order valence-electron chi connectivity index (χ2n) is 6.00. The average Bonchev–Trinajstić information content (AvgIpc) is 2.61. The third kappa shape index (κ3) is 5.14. The van der Waals surface area contributed by atoms with Crippen LogP contribution in [0.25, 0.3) is 0 Å². The normalized spacial score (nSPS) is 10.9. The molecule has 0 bridgehead atoms. The standard InChI is InChI=1S/C20H23FN2O2/c1-5-23(4)13-22-19-10-15(3)17(11-18(19)21)20(24)25-12-16-8-6-14(2)7-9-16/h6-11,13H,5,12H2,1-4H3. The van der Waals surface area contributed by atoms with E-state index < -0.39 is 11.8 Å². The Morgan fingerprint density at radius 1 is 1.24 bits per heavy atom. The Labute approximate surface area is 148 Å². The molecule has 4 nitrogen and oxygen atoms in total. The number of carbonyl (C=O) groups excluding carboxylic acids is 1. The van der Waals surface area contributed by atoms with E-state index in [1.165, 1.54) is 6.07 Å². The van der Waals surface area contributed by atoms with Gasteiger partial charge in [0.05, 0.1) is 11.9 Å². The highest BCUT2D eigenvalue weighted by molar-refractivity contribution is 5.91. The average molecular weight is 342 g/mol. The lowest BCUT2D eigenvalue weighted by Crippen LogP contribution is -2.14. The van der Waals surface area contributed by atoms with Crippen molar-refractivity contribution in [1.29, 1.82) is 0 Å². The summed E-state index contributed by atoms with van der Waals surface area (Å²) in [4.78, 5) is 18.2. The molecule has 2 rings (SSSR count). The van der Waals surface area contributed by atoms with Crippen molar-refractivity contribution in [1.82, 2.24) is 4.90 Å². The number of nitrogens with zero attached hydrogens (tertiary/aromatic N) is 2. The number of aliphatic imine (C=N–C) groups is 1. The van der Waals surface area contributed by atoms with Gasteiger partial charge in [-0.15, -0.1) is 0 Å². The molecule has 2 aromatic rings. The van der Waals surface area contributed by atoms with E-state index in [0.717, 1.165) is 17.7 Å². The molecule has 25 heavy (non-hydrogen) atoms. The van der Waals surface area contributed by atoms with Crippen LogP contribution in [-0.4, -0.2) is 30.8 Å². The molecular weight excluding hydrogens is 319 g/mol. The molecule has 0 aromatic heterocycles. The maximum absolute atomic E-state index is 14.2. The predicted molar refractivity (Wildman–Crippen MR) is 97.9 cm³/mol. The highest BCUT2D eigenvalue weighted by Crippen LogP contribution is 2.23. The lowest BCUT2D eigenvalue weighted by Gasteiger charge is -2.10. The van der Waals surface area contributed by atoms with Gasteiger partial charge >= 0.3 is 5.97 Å². The molecule has 0 aliphatic heterocycles. The number of carbonyl (C=O) groups is 1. The predicted octanol–water partition coefficient (Wildman–Crippen LogP) is 4.41. The summed E-state index contributed by atoms with van der Waals surface area (Å²) in [6.07, 6.45) is 1.56. The van der Waals surface area contributed by atoms with Crippen LogP contribution in [-0.2, 0) is 11.3 Å². The first-order valence-corrected chi connectivity index (χ1v) is 8.18. The Balaban J connectivity index is 2.10. The van der Waals surface area contributed by atoms with Crippen LogP contribution in [0.15, 0.2) is 41.4 Å². The van der Waals surface area contributed by atoms with Gasteiger partial charge < -0.3 is 9.64 Å². The van der Waals surface area contributed by atoms with Gasteiger partial charge in [-0.2, -0.15) is 0 Å². The summed E-state index contributed by atoms with van der Waals surface area (Å²) in [6, 6.07) is 10.4. The Bertz CT molecular complexity index is 770. The minimum Gasteiger partial charge on any atom is -0.457 e. The number of hydrogen-bond acceptors (Lipinski definition) is 3. The zero-order valence-electron chi connectivity index (χ0n) is 15.0. The molecule has 0 radical (unpaired) electrons. The monoisotopic (exact) mass is 342 g/mol. The van der Waals surface area contributed by atoms with Crippen molar-refractivity contribution in [3.8, 4) is 0 Å². The Morgan fingerprint density at radius 3 is 2.56 bits per heavy atom. The van der Waals surface area contributed by atoms with E-state index in [1.54, 1.807) is 19.3 Å². The second-order valence-corrected chi connectivity index (χ2v) is 6.00. The van der Waals surface area contributed by atoms with Gasteiger partial charge in [0.25, 0.3) is 0 Å². The van der Waals surface area contributed by atoms with Gasteiger partial charge in [-0.05, 0) is 44.0 Å². The van der Waals surface area contributed by atoms with Gasteiger partial charge in [-0.3, -0.25) is 0 Å². The molecule has 0 unspecified atom stereocenters. The highest BCUT2D eigenvalue weighted by atomic mass is 19.1. The molecule has 5 heteroatoms. The third-order valence-electron chi connectivity index (χ3n) is 3.90. The van der Waals surface area contributed by atoms with Crippen molar-refractivity contribution in [2.75, 3.05) is 13.6 Å². The van der Waals surface area contributed by atoms with Crippen LogP contribution in [0, 0.1) is 19.7 Å². The van der Waals surface area contributed by atoms with Gasteiger partial charge in [0.2, 0.25) is 0 Å². The van der Waals surface area contributed by atoms with Crippen molar-refractivity contribution in [2.24, 2.45) is 4.99 Å². The molecule has 0 aliphatic carbocycles. The van der Waals surface area contributed by atoms with Crippen LogP contribution in [0.4, 0.5) is 10.1 Å². The molecule has 0 N–H and O–H groups in total. The molecule has 0 amide bonds. The smallest absolute Gasteiger partial charge is 0.338 e. The fraction of sp³-hybridized carbons (Fsp3) is 0.300. The zero-order chi connectivity index (χ0) is 18.4. The van der Waals surface area contributed by atoms with Crippen LogP contribution >= 0.6 is 0 Å². The van der Waals surface area contributed by atoms with Gasteiger partial charge in [0.1, 0.15) is 18.1 Å². The number of aryl methyl sites for hydroxylation is 2. The summed E-state index contributed by atoms with van der Waals surface area (Å²) in [6.45, 7) is 6.63. The summed E-state index contributed by atoms with van der Waals surface area (Å²) in [5, 5.41) is 0. The molecule has 0 spiro atoms. The summed E-state index contributed by atoms with van der Waals surface area (Å²) in [5.41, 5.74) is 3.07. The van der Waals surface area contributed by atoms with Crippen molar-refractivity contribution in [2.45, 2.75) is 27.4 Å². The van der Waals surface area contributed by atoms with E-state index in [0.29, 0.717) is 5.56 Å². The molecule has 0 saturated carbocycles. The maximum Gasteiger partial charge on any atom is 0.338 e. The number of benzene rings is 2. The van der Waals surface area contributed by atoms with Crippen molar-refractivity contribution < 1.29 is 13.9 Å². The van der Waals surface area contributed by atoms with Gasteiger partial charge in [0, 0.05) is 13.6 Å². The third-order valence-corrected chi connectivity index (χ3v) is 3.90. The largest absolute Gasteiger partial charge is 0.457 e. The number of rotatable bonds is 6. The fourth-order valence-electron chi connectivity index (χ4n) is 2.14. The van der Waals surface area contributed by atoms with Crippen LogP contribution in [0.1, 0.15) is 34.0 Å². The number of halogens is 1. The first-order valence-electron chi connectivity index (χ1n) is 8.18. The molecule has 0 atom stereocenters. The molecule has 0 fully saturated rings. The Hall–Kier alpha value is -2.69. The second kappa shape index (κ2) is 8.42. The minimum atomic E-state index is -0.548. The minimum absolute atomic E-state index is 0.154. The maximum atomic E-state index is 14.2. The van der Waals surface area contributed by atoms with E-state index >= 15 is 0 Å². The van der Waals surface area contributed by atoms with Crippen molar-refractivity contribution in [3.63, 3.8) is 0 Å². The molecule has 132 valence electrons. The van der Waals surface area contributed by atoms with Crippen LogP contribution in [0.2, 0.25) is 0 Å². The van der Waals surface area contributed by atoms with Gasteiger partial charge in [-0.1, -0.05) is 29.8 Å². The molecule has 0 saturated heterocycles. The van der Waals surface area contributed by atoms with Crippen LogP contribution in [0.5, 0.6) is 0 Å². The zero-order valence-corrected chi connectivity index (χ0v) is 15.0. The summed E-state index contributed by atoms with van der Waals surface area (Å²) < 4.78 is 19.5. The van der Waals surface area contributed by atoms with Crippen molar-refractivity contribution >= 4 is 18.0 Å². The topological polar surface area (TPSA) is 41.9 Å². The molecular formula is C20H23FN2O2. The number of esters is 1. The molecule has 2 aromatic carbocycles. The highest BCUT2D eigenvalue weighted by Gasteiger charge is 2.15. The quantitative estimate of drug-likeness (QED) is 0.443. The van der Waals surface area contributed by atoms with E-state index in [-0.39, 0.29) is 17.9 Å². The van der Waals surface area contributed by atoms with Gasteiger partial charge in [-0.25, -0.2) is 14.2 Å². The fourth-order valence-corrected chi connectivity index (χ4v) is 2.14. The molecule has 0 aliphatic rings. The summed E-state index contributed by atoms with van der Waals surface area (Å²) >= 11 is 0. The van der Waals surface area contributed by atoms with Gasteiger partial charge in [0.15, 0.2) is 0 Å². The molecule has 0 heterocycles. The van der Waals surface area contributed by atoms with E-state index in [9.17, 15) is 9.18 Å². The Kier molecular flexibility index (Phi) is 6.28. The first-order chi connectivity index (χ1) is 11.9. The van der Waals surface area contributed by atoms with Crippen LogP contribution in [0.3, 0.4) is 0 Å². The Morgan fingerprint density at radius 2 is 1.92 bits per heavy atom. The van der Waals surface area contributed by atoms with E-state index in [2.05, 4.69) is 4.99 Å². The van der Waals surface area contributed by atoms with E-state index in [1.807, 2.05) is 50.1 Å².